The largest absolute Gasteiger partial charge is 0.458 e. The summed E-state index contributed by atoms with van der Waals surface area (Å²) < 4.78 is 5.39. The van der Waals surface area contributed by atoms with Crippen LogP contribution in [-0.2, 0) is 20.8 Å². The molecule has 0 aliphatic carbocycles. The molecule has 0 aromatic heterocycles. The molecule has 0 spiro atoms. The molecule has 2 aromatic carbocycles. The van der Waals surface area contributed by atoms with Gasteiger partial charge in [0.15, 0.2) is 6.10 Å². The van der Waals surface area contributed by atoms with Gasteiger partial charge in [-0.3, -0.25) is 9.63 Å². The van der Waals surface area contributed by atoms with Gasteiger partial charge in [0.2, 0.25) is 0 Å². The van der Waals surface area contributed by atoms with E-state index in [-0.39, 0.29) is 6.42 Å². The lowest BCUT2D eigenvalue weighted by atomic mass is 10.1. The van der Waals surface area contributed by atoms with Crippen LogP contribution >= 0.6 is 11.6 Å². The third-order valence-electron chi connectivity index (χ3n) is 3.33. The zero-order valence-corrected chi connectivity index (χ0v) is 15.7. The van der Waals surface area contributed by atoms with E-state index in [0.29, 0.717) is 10.6 Å². The highest BCUT2D eigenvalue weighted by molar-refractivity contribution is 6.30. The first-order chi connectivity index (χ1) is 12.2. The number of nitrogens with one attached hydrogen (secondary N) is 1. The van der Waals surface area contributed by atoms with Crippen LogP contribution in [0.3, 0.4) is 0 Å². The Balaban J connectivity index is 2.06. The van der Waals surface area contributed by atoms with Crippen LogP contribution in [0.2, 0.25) is 5.02 Å². The van der Waals surface area contributed by atoms with Crippen molar-refractivity contribution < 1.29 is 19.2 Å². The number of hydroxylamine groups is 1. The normalized spacial score (nSPS) is 12.3. The van der Waals surface area contributed by atoms with Crippen molar-refractivity contribution in [1.29, 1.82) is 0 Å². The molecule has 0 radical (unpaired) electrons. The number of carbonyl (C=O) groups is 2. The van der Waals surface area contributed by atoms with E-state index < -0.39 is 23.6 Å². The van der Waals surface area contributed by atoms with E-state index >= 15 is 0 Å². The van der Waals surface area contributed by atoms with Crippen LogP contribution in [0.1, 0.15) is 36.7 Å². The number of rotatable bonds is 6. The molecule has 5 nitrogen and oxygen atoms in total. The highest BCUT2D eigenvalue weighted by atomic mass is 35.5. The summed E-state index contributed by atoms with van der Waals surface area (Å²) in [7, 11) is 0. The fourth-order valence-electron chi connectivity index (χ4n) is 2.15. The number of hydrogen-bond donors (Lipinski definition) is 1. The van der Waals surface area contributed by atoms with Crippen molar-refractivity contribution >= 4 is 23.5 Å². The molecule has 0 fully saturated rings. The molecule has 26 heavy (non-hydrogen) atoms. The molecule has 0 aliphatic rings. The van der Waals surface area contributed by atoms with Crippen LogP contribution in [-0.4, -0.2) is 23.6 Å². The quantitative estimate of drug-likeness (QED) is 0.613. The zero-order chi connectivity index (χ0) is 19.2. The molecule has 6 heteroatoms. The third-order valence-corrected chi connectivity index (χ3v) is 3.59. The van der Waals surface area contributed by atoms with Crippen LogP contribution in [0, 0.1) is 0 Å². The van der Waals surface area contributed by atoms with Crippen LogP contribution in [0.15, 0.2) is 54.6 Å². The average Bonchev–Trinajstić information content (AvgIpc) is 2.58. The van der Waals surface area contributed by atoms with E-state index in [9.17, 15) is 9.59 Å². The number of hydrogen-bond acceptors (Lipinski definition) is 4. The monoisotopic (exact) mass is 375 g/mol. The Morgan fingerprint density at radius 2 is 1.65 bits per heavy atom. The van der Waals surface area contributed by atoms with Gasteiger partial charge in [-0.25, -0.2) is 10.3 Å². The molecular weight excluding hydrogens is 354 g/mol. The summed E-state index contributed by atoms with van der Waals surface area (Å²) in [6, 6.07) is 15.7. The van der Waals surface area contributed by atoms with Crippen molar-refractivity contribution in [2.24, 2.45) is 0 Å². The van der Waals surface area contributed by atoms with E-state index in [1.54, 1.807) is 45.0 Å². The molecule has 2 rings (SSSR count). The predicted octanol–water partition coefficient (Wildman–Crippen LogP) is 3.95. The van der Waals surface area contributed by atoms with E-state index in [1.165, 1.54) is 0 Å². The number of halogens is 1. The van der Waals surface area contributed by atoms with Crippen molar-refractivity contribution in [1.82, 2.24) is 5.48 Å². The first-order valence-electron chi connectivity index (χ1n) is 8.23. The van der Waals surface area contributed by atoms with Gasteiger partial charge in [-0.1, -0.05) is 41.9 Å². The maximum absolute atomic E-state index is 12.4. The van der Waals surface area contributed by atoms with Gasteiger partial charge in [0.25, 0.3) is 5.91 Å². The van der Waals surface area contributed by atoms with Crippen molar-refractivity contribution in [3.05, 3.63) is 70.7 Å². The molecule has 0 bridgehead atoms. The minimum Gasteiger partial charge on any atom is -0.458 e. The average molecular weight is 376 g/mol. The summed E-state index contributed by atoms with van der Waals surface area (Å²) in [6.45, 7) is 5.32. The number of carbonyl (C=O) groups excluding carboxylic acids is 2. The number of benzene rings is 2. The number of amides is 1. The standard InChI is InChI=1S/C20H22ClNO4/c1-20(2,3)25-19(24)17(13-14-7-5-4-6-8-14)26-22-18(23)15-9-11-16(21)12-10-15/h4-12,17H,13H2,1-3H3,(H,22,23)/t17-/m1/s1. The van der Waals surface area contributed by atoms with Crippen molar-refractivity contribution in [2.45, 2.75) is 38.9 Å². The SMILES string of the molecule is CC(C)(C)OC(=O)[C@@H](Cc1ccccc1)ONC(=O)c1ccc(Cl)cc1. The molecule has 0 aliphatic heterocycles. The molecule has 1 atom stereocenters. The van der Waals surface area contributed by atoms with E-state index in [1.807, 2.05) is 30.3 Å². The Morgan fingerprint density at radius 3 is 2.23 bits per heavy atom. The summed E-state index contributed by atoms with van der Waals surface area (Å²) in [4.78, 5) is 30.0. The lowest BCUT2D eigenvalue weighted by molar-refractivity contribution is -0.172. The summed E-state index contributed by atoms with van der Waals surface area (Å²) in [5.41, 5.74) is 2.93. The van der Waals surface area contributed by atoms with Crippen molar-refractivity contribution in [2.75, 3.05) is 0 Å². The van der Waals surface area contributed by atoms with Gasteiger partial charge in [0, 0.05) is 17.0 Å². The van der Waals surface area contributed by atoms with Gasteiger partial charge in [0.1, 0.15) is 5.60 Å². The van der Waals surface area contributed by atoms with Crippen LogP contribution < -0.4 is 5.48 Å². The highest BCUT2D eigenvalue weighted by Gasteiger charge is 2.27. The van der Waals surface area contributed by atoms with Crippen molar-refractivity contribution in [3.8, 4) is 0 Å². The van der Waals surface area contributed by atoms with Crippen LogP contribution in [0.4, 0.5) is 0 Å². The number of ether oxygens (including phenoxy) is 1. The van der Waals surface area contributed by atoms with Gasteiger partial charge in [0.05, 0.1) is 0 Å². The lowest BCUT2D eigenvalue weighted by Crippen LogP contribution is -2.39. The third kappa shape index (κ3) is 6.50. The summed E-state index contributed by atoms with van der Waals surface area (Å²) >= 11 is 5.81. The Kier molecular flexibility index (Phi) is 6.77. The van der Waals surface area contributed by atoms with Gasteiger partial charge in [-0.15, -0.1) is 0 Å². The zero-order valence-electron chi connectivity index (χ0n) is 15.0. The second kappa shape index (κ2) is 8.83. The smallest absolute Gasteiger partial charge is 0.338 e. The van der Waals surface area contributed by atoms with Gasteiger partial charge in [-0.05, 0) is 50.6 Å². The molecule has 1 N–H and O–H groups in total. The Morgan fingerprint density at radius 1 is 1.04 bits per heavy atom. The molecular formula is C20H22ClNO4. The second-order valence-electron chi connectivity index (χ2n) is 6.77. The van der Waals surface area contributed by atoms with E-state index in [4.69, 9.17) is 21.2 Å². The van der Waals surface area contributed by atoms with E-state index in [2.05, 4.69) is 5.48 Å². The molecule has 2 aromatic rings. The Bertz CT molecular complexity index is 739. The first kappa shape index (κ1) is 19.9. The summed E-state index contributed by atoms with van der Waals surface area (Å²) in [5.74, 6) is -1.01. The first-order valence-corrected chi connectivity index (χ1v) is 8.61. The van der Waals surface area contributed by atoms with Gasteiger partial charge >= 0.3 is 5.97 Å². The Hall–Kier alpha value is -2.37. The highest BCUT2D eigenvalue weighted by Crippen LogP contribution is 2.14. The second-order valence-corrected chi connectivity index (χ2v) is 7.20. The molecule has 0 saturated carbocycles. The van der Waals surface area contributed by atoms with E-state index in [0.717, 1.165) is 5.56 Å². The minimum atomic E-state index is -0.965. The Labute approximate surface area is 158 Å². The molecule has 1 amide bonds. The number of esters is 1. The topological polar surface area (TPSA) is 64.6 Å². The summed E-state index contributed by atoms with van der Waals surface area (Å²) in [6.07, 6.45) is -0.690. The molecule has 0 saturated heterocycles. The van der Waals surface area contributed by atoms with Crippen LogP contribution in [0.5, 0.6) is 0 Å². The van der Waals surface area contributed by atoms with Gasteiger partial charge < -0.3 is 4.74 Å². The van der Waals surface area contributed by atoms with Crippen LogP contribution in [0.25, 0.3) is 0 Å². The summed E-state index contributed by atoms with van der Waals surface area (Å²) in [5, 5.41) is 0.526. The molecule has 0 unspecified atom stereocenters. The van der Waals surface area contributed by atoms with Crippen molar-refractivity contribution in [3.63, 3.8) is 0 Å². The maximum Gasteiger partial charge on any atom is 0.338 e. The van der Waals surface area contributed by atoms with Gasteiger partial charge in [-0.2, -0.15) is 0 Å². The minimum absolute atomic E-state index is 0.274. The molecule has 0 heterocycles. The fraction of sp³-hybridized carbons (Fsp3) is 0.300. The maximum atomic E-state index is 12.4. The lowest BCUT2D eigenvalue weighted by Gasteiger charge is -2.24. The fourth-order valence-corrected chi connectivity index (χ4v) is 2.28. The predicted molar refractivity (Wildman–Crippen MR) is 99.8 cm³/mol. The molecule has 138 valence electrons.